The molecular weight excluding hydrogens is 360 g/mol. The van der Waals surface area contributed by atoms with E-state index in [1.54, 1.807) is 6.07 Å². The number of aromatic nitrogens is 1. The smallest absolute Gasteiger partial charge is 0.301 e. The lowest BCUT2D eigenvalue weighted by atomic mass is 10.3. The van der Waals surface area contributed by atoms with E-state index in [-0.39, 0.29) is 12.3 Å². The minimum absolute atomic E-state index is 0.219. The number of halogens is 1. The van der Waals surface area contributed by atoms with Crippen LogP contribution in [-0.2, 0) is 13.0 Å². The molecule has 2 heterocycles. The summed E-state index contributed by atoms with van der Waals surface area (Å²) in [5, 5.41) is 10.8. The van der Waals surface area contributed by atoms with E-state index in [2.05, 4.69) is 15.9 Å². The van der Waals surface area contributed by atoms with Crippen LogP contribution in [0.15, 0.2) is 33.7 Å². The highest BCUT2D eigenvalue weighted by Gasteiger charge is 2.18. The molecule has 0 bridgehead atoms. The Morgan fingerprint density at radius 2 is 2.19 bits per heavy atom. The minimum atomic E-state index is -0.788. The van der Waals surface area contributed by atoms with Crippen molar-refractivity contribution in [3.8, 4) is 0 Å². The molecule has 0 radical (unpaired) electrons. The zero-order chi connectivity index (χ0) is 15.6. The first-order valence-corrected chi connectivity index (χ1v) is 7.69. The number of rotatable bonds is 5. The quantitative estimate of drug-likeness (QED) is 0.460. The molecule has 0 spiro atoms. The minimum Gasteiger partial charge on any atom is -0.301 e. The third-order valence-corrected chi connectivity index (χ3v) is 4.53. The molecule has 2 aromatic heterocycles. The Morgan fingerprint density at radius 3 is 2.76 bits per heavy atom. The molecule has 0 N–H and O–H groups in total. The average Bonchev–Trinajstić information content (AvgIpc) is 2.91. The van der Waals surface area contributed by atoms with Crippen LogP contribution in [0.4, 0.5) is 5.69 Å². The van der Waals surface area contributed by atoms with E-state index in [1.165, 1.54) is 17.5 Å². The second-order valence-corrected chi connectivity index (χ2v) is 6.36. The Labute approximate surface area is 132 Å². The summed E-state index contributed by atoms with van der Waals surface area (Å²) < 4.78 is 1.43. The van der Waals surface area contributed by atoms with Crippen molar-refractivity contribution in [1.82, 2.24) is 4.57 Å². The zero-order valence-corrected chi connectivity index (χ0v) is 13.4. The average molecular weight is 371 g/mol. The van der Waals surface area contributed by atoms with E-state index in [0.29, 0.717) is 9.35 Å². The van der Waals surface area contributed by atoms with Gasteiger partial charge < -0.3 is 4.57 Å². The van der Waals surface area contributed by atoms with Crippen LogP contribution < -0.4 is 5.56 Å². The summed E-state index contributed by atoms with van der Waals surface area (Å²) in [6, 6.07) is 4.71. The van der Waals surface area contributed by atoms with Crippen molar-refractivity contribution in [2.24, 2.45) is 0 Å². The van der Waals surface area contributed by atoms with E-state index in [0.717, 1.165) is 21.9 Å². The van der Waals surface area contributed by atoms with E-state index in [4.69, 9.17) is 0 Å². The molecule has 0 unspecified atom stereocenters. The van der Waals surface area contributed by atoms with Crippen molar-refractivity contribution in [2.75, 3.05) is 0 Å². The molecule has 2 rings (SSSR count). The van der Waals surface area contributed by atoms with Crippen molar-refractivity contribution in [3.63, 3.8) is 0 Å². The number of Topliss-reactive ketones (excluding diaryl/α,β-unsaturated/α-hetero) is 1. The number of hydrogen-bond acceptors (Lipinski definition) is 5. The molecule has 0 aliphatic heterocycles. The number of thiophene rings is 1. The van der Waals surface area contributed by atoms with Gasteiger partial charge in [0.1, 0.15) is 0 Å². The molecule has 0 aliphatic rings. The van der Waals surface area contributed by atoms with Gasteiger partial charge in [0.15, 0.2) is 5.78 Å². The second-order valence-electron chi connectivity index (χ2n) is 4.28. The van der Waals surface area contributed by atoms with Crippen molar-refractivity contribution < 1.29 is 9.72 Å². The first-order chi connectivity index (χ1) is 9.92. The van der Waals surface area contributed by atoms with Crippen LogP contribution in [0.5, 0.6) is 0 Å². The van der Waals surface area contributed by atoms with Gasteiger partial charge in [0, 0.05) is 21.6 Å². The fourth-order valence-electron chi connectivity index (χ4n) is 1.78. The lowest BCUT2D eigenvalue weighted by Crippen LogP contribution is -2.25. The summed E-state index contributed by atoms with van der Waals surface area (Å²) in [5.74, 6) is -0.241. The number of ketones is 1. The largest absolute Gasteiger partial charge is 0.335 e. The van der Waals surface area contributed by atoms with E-state index in [9.17, 15) is 19.7 Å². The Morgan fingerprint density at radius 1 is 1.48 bits per heavy atom. The standard InChI is InChI=1S/C13H11BrN2O4S/c1-2-9-3-4-12(21-9)11(17)7-15-6-8(14)5-10(13(15)18)16(19)20/h3-6H,2,7H2,1H3. The van der Waals surface area contributed by atoms with Crippen LogP contribution in [0.3, 0.4) is 0 Å². The fourth-order valence-corrected chi connectivity index (χ4v) is 3.12. The summed E-state index contributed by atoms with van der Waals surface area (Å²) in [6.45, 7) is 1.77. The van der Waals surface area contributed by atoms with Crippen LogP contribution in [-0.4, -0.2) is 15.3 Å². The Kier molecular flexibility index (Phi) is 4.69. The maximum absolute atomic E-state index is 12.2. The molecule has 8 heteroatoms. The summed E-state index contributed by atoms with van der Waals surface area (Å²) >= 11 is 4.47. The number of carbonyl (C=O) groups is 1. The van der Waals surface area contributed by atoms with Crippen LogP contribution in [0.25, 0.3) is 0 Å². The number of hydrogen-bond donors (Lipinski definition) is 0. The maximum Gasteiger partial charge on any atom is 0.335 e. The van der Waals surface area contributed by atoms with Gasteiger partial charge in [-0.2, -0.15) is 0 Å². The van der Waals surface area contributed by atoms with Gasteiger partial charge in [-0.05, 0) is 34.5 Å². The highest BCUT2D eigenvalue weighted by Crippen LogP contribution is 2.19. The lowest BCUT2D eigenvalue weighted by Gasteiger charge is -2.04. The number of carbonyl (C=O) groups excluding carboxylic acids is 1. The molecule has 0 amide bonds. The summed E-state index contributed by atoms with van der Waals surface area (Å²) in [7, 11) is 0. The topological polar surface area (TPSA) is 82.2 Å². The Bertz CT molecular complexity index is 766. The Balaban J connectivity index is 2.33. The van der Waals surface area contributed by atoms with E-state index >= 15 is 0 Å². The number of aryl methyl sites for hydroxylation is 1. The Hall–Kier alpha value is -1.80. The number of nitrogens with zero attached hydrogens (tertiary/aromatic N) is 2. The van der Waals surface area contributed by atoms with E-state index in [1.807, 2.05) is 13.0 Å². The van der Waals surface area contributed by atoms with Crippen LogP contribution >= 0.6 is 27.3 Å². The fraction of sp³-hybridized carbons (Fsp3) is 0.231. The normalized spacial score (nSPS) is 10.6. The molecule has 6 nitrogen and oxygen atoms in total. The third kappa shape index (κ3) is 3.45. The van der Waals surface area contributed by atoms with Crippen LogP contribution in [0, 0.1) is 10.1 Å². The van der Waals surface area contributed by atoms with Crippen LogP contribution in [0.1, 0.15) is 21.5 Å². The first-order valence-electron chi connectivity index (χ1n) is 6.08. The number of nitro groups is 1. The lowest BCUT2D eigenvalue weighted by molar-refractivity contribution is -0.386. The second kappa shape index (κ2) is 6.31. The molecule has 0 saturated heterocycles. The molecule has 0 aromatic carbocycles. The number of pyridine rings is 1. The van der Waals surface area contributed by atoms with Crippen molar-refractivity contribution in [1.29, 1.82) is 0 Å². The SMILES string of the molecule is CCc1ccc(C(=O)Cn2cc(Br)cc([N+](=O)[O-])c2=O)s1. The predicted molar refractivity (Wildman–Crippen MR) is 83.1 cm³/mol. The molecule has 0 fully saturated rings. The van der Waals surface area contributed by atoms with Crippen LogP contribution in [0.2, 0.25) is 0 Å². The molecule has 2 aromatic rings. The summed E-state index contributed by atoms with van der Waals surface area (Å²) in [4.78, 5) is 35.8. The molecule has 0 saturated carbocycles. The van der Waals surface area contributed by atoms with Gasteiger partial charge >= 0.3 is 11.2 Å². The monoisotopic (exact) mass is 370 g/mol. The van der Waals surface area contributed by atoms with Gasteiger partial charge in [0.25, 0.3) is 0 Å². The summed E-state index contributed by atoms with van der Waals surface area (Å²) in [5.41, 5.74) is -1.35. The van der Waals surface area contributed by atoms with Crippen molar-refractivity contribution >= 4 is 38.7 Å². The molecule has 110 valence electrons. The molecule has 21 heavy (non-hydrogen) atoms. The summed E-state index contributed by atoms with van der Waals surface area (Å²) in [6.07, 6.45) is 2.21. The first kappa shape index (κ1) is 15.6. The van der Waals surface area contributed by atoms with E-state index < -0.39 is 16.2 Å². The van der Waals surface area contributed by atoms with Crippen molar-refractivity contribution in [2.45, 2.75) is 19.9 Å². The highest BCUT2D eigenvalue weighted by molar-refractivity contribution is 9.10. The highest BCUT2D eigenvalue weighted by atomic mass is 79.9. The van der Waals surface area contributed by atoms with Gasteiger partial charge in [-0.15, -0.1) is 11.3 Å². The zero-order valence-electron chi connectivity index (χ0n) is 11.0. The van der Waals surface area contributed by atoms with Gasteiger partial charge in [0.05, 0.1) is 16.3 Å². The van der Waals surface area contributed by atoms with Gasteiger partial charge in [-0.3, -0.25) is 19.7 Å². The molecule has 0 atom stereocenters. The molecule has 0 aliphatic carbocycles. The third-order valence-electron chi connectivity index (χ3n) is 2.83. The van der Waals surface area contributed by atoms with Gasteiger partial charge in [0.2, 0.25) is 0 Å². The maximum atomic E-state index is 12.2. The van der Waals surface area contributed by atoms with Gasteiger partial charge in [-0.25, -0.2) is 0 Å². The van der Waals surface area contributed by atoms with Crippen molar-refractivity contribution in [3.05, 3.63) is 59.1 Å². The van der Waals surface area contributed by atoms with Gasteiger partial charge in [-0.1, -0.05) is 6.92 Å². The molecular formula is C13H11BrN2O4S. The predicted octanol–water partition coefficient (Wildman–Crippen LogP) is 3.03.